The SMILES string of the molecule is O=C(CCCl)c1cc([N+](=O)[O-])ccc1CBr. The zero-order chi connectivity index (χ0) is 12.1. The number of nitrogens with zero attached hydrogens (tertiary/aromatic N) is 1. The lowest BCUT2D eigenvalue weighted by Gasteiger charge is -2.04. The van der Waals surface area contributed by atoms with Crippen molar-refractivity contribution in [1.82, 2.24) is 0 Å². The fraction of sp³-hybridized carbons (Fsp3) is 0.300. The summed E-state index contributed by atoms with van der Waals surface area (Å²) in [6, 6.07) is 4.26. The summed E-state index contributed by atoms with van der Waals surface area (Å²) in [7, 11) is 0. The zero-order valence-electron chi connectivity index (χ0n) is 8.28. The molecule has 0 aliphatic carbocycles. The number of hydrogen-bond acceptors (Lipinski definition) is 3. The number of benzene rings is 1. The van der Waals surface area contributed by atoms with Crippen molar-refractivity contribution >= 4 is 39.0 Å². The van der Waals surface area contributed by atoms with Crippen molar-refractivity contribution in [1.29, 1.82) is 0 Å². The molecule has 4 nitrogen and oxygen atoms in total. The Labute approximate surface area is 106 Å². The highest BCUT2D eigenvalue weighted by atomic mass is 79.9. The number of hydrogen-bond donors (Lipinski definition) is 0. The van der Waals surface area contributed by atoms with E-state index in [4.69, 9.17) is 11.6 Å². The highest BCUT2D eigenvalue weighted by molar-refractivity contribution is 9.08. The lowest BCUT2D eigenvalue weighted by Crippen LogP contribution is -2.04. The van der Waals surface area contributed by atoms with Gasteiger partial charge in [0.25, 0.3) is 5.69 Å². The second-order valence-corrected chi connectivity index (χ2v) is 4.03. The third kappa shape index (κ3) is 3.02. The number of rotatable bonds is 5. The normalized spacial score (nSPS) is 10.1. The van der Waals surface area contributed by atoms with E-state index in [1.165, 1.54) is 12.1 Å². The Balaban J connectivity index is 3.16. The second kappa shape index (κ2) is 5.96. The van der Waals surface area contributed by atoms with Gasteiger partial charge in [0.05, 0.1) is 4.92 Å². The minimum Gasteiger partial charge on any atom is -0.294 e. The lowest BCUT2D eigenvalue weighted by molar-refractivity contribution is -0.384. The van der Waals surface area contributed by atoms with Gasteiger partial charge in [0.15, 0.2) is 5.78 Å². The maximum atomic E-state index is 11.7. The van der Waals surface area contributed by atoms with Crippen molar-refractivity contribution in [2.24, 2.45) is 0 Å². The van der Waals surface area contributed by atoms with Gasteiger partial charge in [-0.25, -0.2) is 0 Å². The van der Waals surface area contributed by atoms with Gasteiger partial charge in [-0.3, -0.25) is 14.9 Å². The number of nitro benzene ring substituents is 1. The van der Waals surface area contributed by atoms with E-state index < -0.39 is 4.92 Å². The number of nitro groups is 1. The van der Waals surface area contributed by atoms with Crippen LogP contribution in [0.15, 0.2) is 18.2 Å². The van der Waals surface area contributed by atoms with Crippen LogP contribution in [0.4, 0.5) is 5.69 Å². The molecule has 0 atom stereocenters. The fourth-order valence-corrected chi connectivity index (χ4v) is 1.94. The van der Waals surface area contributed by atoms with Crippen molar-refractivity contribution < 1.29 is 9.72 Å². The standard InChI is InChI=1S/C10H9BrClNO3/c11-6-7-1-2-8(13(15)16)5-9(7)10(14)3-4-12/h1-2,5H,3-4,6H2. The summed E-state index contributed by atoms with van der Waals surface area (Å²) < 4.78 is 0. The number of non-ortho nitro benzene ring substituents is 1. The van der Waals surface area contributed by atoms with Crippen molar-refractivity contribution in [3.8, 4) is 0 Å². The van der Waals surface area contributed by atoms with Crippen LogP contribution >= 0.6 is 27.5 Å². The average molecular weight is 307 g/mol. The van der Waals surface area contributed by atoms with Crippen LogP contribution in [-0.4, -0.2) is 16.6 Å². The molecule has 0 aliphatic rings. The molecule has 86 valence electrons. The van der Waals surface area contributed by atoms with E-state index in [9.17, 15) is 14.9 Å². The maximum absolute atomic E-state index is 11.7. The van der Waals surface area contributed by atoms with Crippen LogP contribution in [0.25, 0.3) is 0 Å². The van der Waals surface area contributed by atoms with Gasteiger partial charge in [-0.15, -0.1) is 11.6 Å². The number of ketones is 1. The molecule has 0 aromatic heterocycles. The van der Waals surface area contributed by atoms with Gasteiger partial charge in [0.2, 0.25) is 0 Å². The molecule has 0 unspecified atom stereocenters. The Morgan fingerprint density at radius 2 is 2.19 bits per heavy atom. The quantitative estimate of drug-likeness (QED) is 0.363. The van der Waals surface area contributed by atoms with Crippen LogP contribution in [0.1, 0.15) is 22.3 Å². The molecule has 1 aromatic carbocycles. The molecule has 0 aliphatic heterocycles. The third-order valence-electron chi connectivity index (χ3n) is 2.07. The third-order valence-corrected chi connectivity index (χ3v) is 2.86. The molecule has 0 saturated heterocycles. The first-order valence-electron chi connectivity index (χ1n) is 4.52. The van der Waals surface area contributed by atoms with Gasteiger partial charge in [-0.1, -0.05) is 22.0 Å². The largest absolute Gasteiger partial charge is 0.294 e. The molecule has 0 N–H and O–H groups in total. The number of Topliss-reactive ketones (excluding diaryl/α,β-unsaturated/α-hetero) is 1. The van der Waals surface area contributed by atoms with E-state index in [0.29, 0.717) is 10.9 Å². The van der Waals surface area contributed by atoms with E-state index in [2.05, 4.69) is 15.9 Å². The molecule has 0 amide bonds. The minimum absolute atomic E-state index is 0.0809. The van der Waals surface area contributed by atoms with Crippen LogP contribution < -0.4 is 0 Å². The summed E-state index contributed by atoms with van der Waals surface area (Å²) >= 11 is 8.71. The fourth-order valence-electron chi connectivity index (χ4n) is 1.27. The summed E-state index contributed by atoms with van der Waals surface area (Å²) in [5, 5.41) is 11.1. The molecule has 0 spiro atoms. The van der Waals surface area contributed by atoms with Gasteiger partial charge >= 0.3 is 0 Å². The molecule has 0 saturated carbocycles. The van der Waals surface area contributed by atoms with Crippen molar-refractivity contribution in [3.05, 3.63) is 39.4 Å². The monoisotopic (exact) mass is 305 g/mol. The summed E-state index contributed by atoms with van der Waals surface area (Å²) in [6.07, 6.45) is 0.183. The minimum atomic E-state index is -0.518. The van der Waals surface area contributed by atoms with Gasteiger partial charge in [0.1, 0.15) is 0 Å². The Bertz CT molecular complexity index is 423. The molecular formula is C10H9BrClNO3. The van der Waals surface area contributed by atoms with Crippen LogP contribution in [-0.2, 0) is 5.33 Å². The summed E-state index contributed by atoms with van der Waals surface area (Å²) in [6.45, 7) is 0. The Morgan fingerprint density at radius 1 is 1.50 bits per heavy atom. The number of halogens is 2. The van der Waals surface area contributed by atoms with E-state index in [-0.39, 0.29) is 23.8 Å². The number of alkyl halides is 2. The van der Waals surface area contributed by atoms with Crippen molar-refractivity contribution in [3.63, 3.8) is 0 Å². The molecular weight excluding hydrogens is 297 g/mol. The molecule has 1 aromatic rings. The molecule has 16 heavy (non-hydrogen) atoms. The van der Waals surface area contributed by atoms with Gasteiger partial charge in [0, 0.05) is 35.3 Å². The van der Waals surface area contributed by atoms with Gasteiger partial charge in [-0.05, 0) is 5.56 Å². The summed E-state index contributed by atoms with van der Waals surface area (Å²) in [5.41, 5.74) is 1.02. The van der Waals surface area contributed by atoms with Crippen molar-refractivity contribution in [2.75, 3.05) is 5.88 Å². The molecule has 0 fully saturated rings. The highest BCUT2D eigenvalue weighted by Crippen LogP contribution is 2.21. The molecule has 6 heteroatoms. The Morgan fingerprint density at radius 3 is 2.69 bits per heavy atom. The van der Waals surface area contributed by atoms with E-state index >= 15 is 0 Å². The summed E-state index contributed by atoms with van der Waals surface area (Å²) in [4.78, 5) is 21.7. The Kier molecular flexibility index (Phi) is 4.89. The first-order valence-corrected chi connectivity index (χ1v) is 6.18. The maximum Gasteiger partial charge on any atom is 0.270 e. The predicted octanol–water partition coefficient (Wildman–Crippen LogP) is 3.30. The first kappa shape index (κ1) is 13.1. The first-order chi connectivity index (χ1) is 7.60. The molecule has 0 heterocycles. The van der Waals surface area contributed by atoms with Crippen LogP contribution in [0.5, 0.6) is 0 Å². The van der Waals surface area contributed by atoms with Gasteiger partial charge < -0.3 is 0 Å². The average Bonchev–Trinajstić information content (AvgIpc) is 2.28. The Hall–Kier alpha value is -0.940. The highest BCUT2D eigenvalue weighted by Gasteiger charge is 2.15. The molecule has 0 radical (unpaired) electrons. The van der Waals surface area contributed by atoms with Crippen LogP contribution in [0, 0.1) is 10.1 Å². The van der Waals surface area contributed by atoms with E-state index in [0.717, 1.165) is 5.56 Å². The zero-order valence-corrected chi connectivity index (χ0v) is 10.6. The van der Waals surface area contributed by atoms with E-state index in [1.54, 1.807) is 6.07 Å². The predicted molar refractivity (Wildman–Crippen MR) is 65.4 cm³/mol. The smallest absolute Gasteiger partial charge is 0.270 e. The number of carbonyl (C=O) groups is 1. The topological polar surface area (TPSA) is 60.2 Å². The number of carbonyl (C=O) groups excluding carboxylic acids is 1. The second-order valence-electron chi connectivity index (χ2n) is 3.09. The molecule has 0 bridgehead atoms. The van der Waals surface area contributed by atoms with Crippen LogP contribution in [0.3, 0.4) is 0 Å². The summed E-state index contributed by atoms with van der Waals surface area (Å²) in [5.74, 6) is 0.0385. The van der Waals surface area contributed by atoms with Crippen molar-refractivity contribution in [2.45, 2.75) is 11.8 Å². The molecule has 1 rings (SSSR count). The van der Waals surface area contributed by atoms with E-state index in [1.807, 2.05) is 0 Å². The van der Waals surface area contributed by atoms with Gasteiger partial charge in [-0.2, -0.15) is 0 Å². The van der Waals surface area contributed by atoms with Crippen LogP contribution in [0.2, 0.25) is 0 Å². The lowest BCUT2D eigenvalue weighted by atomic mass is 10.0.